The molecular formula is C13H21N. The molecule has 14 heavy (non-hydrogen) atoms. The smallest absolute Gasteiger partial charge is 0.0157 e. The van der Waals surface area contributed by atoms with Gasteiger partial charge in [-0.15, -0.1) is 0 Å². The Morgan fingerprint density at radius 3 is 2.36 bits per heavy atom. The Morgan fingerprint density at radius 1 is 1.14 bits per heavy atom. The van der Waals surface area contributed by atoms with Crippen LogP contribution in [-0.2, 0) is 0 Å². The lowest BCUT2D eigenvalue weighted by atomic mass is 9.70. The van der Waals surface area contributed by atoms with Crippen molar-refractivity contribution in [3.63, 3.8) is 0 Å². The van der Waals surface area contributed by atoms with Crippen molar-refractivity contribution in [3.8, 4) is 0 Å². The van der Waals surface area contributed by atoms with Crippen molar-refractivity contribution < 1.29 is 0 Å². The second kappa shape index (κ2) is 5.16. The van der Waals surface area contributed by atoms with Crippen LogP contribution < -0.4 is 6.15 Å². The van der Waals surface area contributed by atoms with Crippen LogP contribution in [0.1, 0.15) is 44.1 Å². The molecule has 3 N–H and O–H groups in total. The summed E-state index contributed by atoms with van der Waals surface area (Å²) in [6.07, 6.45) is 5.64. The largest absolute Gasteiger partial charge is 0.344 e. The summed E-state index contributed by atoms with van der Waals surface area (Å²) in [5.41, 5.74) is 1.55. The fourth-order valence-electron chi connectivity index (χ4n) is 2.38. The third kappa shape index (κ3) is 2.36. The average Bonchev–Trinajstić information content (AvgIpc) is 2.12. The second-order valence-corrected chi connectivity index (χ2v) is 4.23. The molecule has 0 aromatic heterocycles. The topological polar surface area (TPSA) is 35.0 Å². The van der Waals surface area contributed by atoms with Gasteiger partial charge >= 0.3 is 0 Å². The molecule has 1 aliphatic carbocycles. The van der Waals surface area contributed by atoms with E-state index in [4.69, 9.17) is 0 Å². The SMILES string of the molecule is CCCC1CC(c2ccccc2)C1.N. The predicted octanol–water partition coefficient (Wildman–Crippen LogP) is 4.14. The molecule has 0 radical (unpaired) electrons. The maximum Gasteiger partial charge on any atom is -0.0157 e. The van der Waals surface area contributed by atoms with Gasteiger partial charge in [-0.1, -0.05) is 50.1 Å². The van der Waals surface area contributed by atoms with Gasteiger partial charge in [-0.3, -0.25) is 0 Å². The highest BCUT2D eigenvalue weighted by Crippen LogP contribution is 2.43. The van der Waals surface area contributed by atoms with E-state index in [1.165, 1.54) is 25.7 Å². The van der Waals surface area contributed by atoms with Crippen LogP contribution in [0.15, 0.2) is 30.3 Å². The summed E-state index contributed by atoms with van der Waals surface area (Å²) in [5.74, 6) is 1.90. The van der Waals surface area contributed by atoms with Crippen molar-refractivity contribution in [1.29, 1.82) is 0 Å². The maximum absolute atomic E-state index is 2.29. The first-order valence-electron chi connectivity index (χ1n) is 5.45. The van der Waals surface area contributed by atoms with Crippen molar-refractivity contribution in [2.75, 3.05) is 0 Å². The van der Waals surface area contributed by atoms with Crippen molar-refractivity contribution in [1.82, 2.24) is 6.15 Å². The van der Waals surface area contributed by atoms with Gasteiger partial charge in [0, 0.05) is 0 Å². The molecule has 0 atom stereocenters. The van der Waals surface area contributed by atoms with Gasteiger partial charge in [0.05, 0.1) is 0 Å². The van der Waals surface area contributed by atoms with Gasteiger partial charge < -0.3 is 6.15 Å². The van der Waals surface area contributed by atoms with Crippen molar-refractivity contribution in [2.45, 2.75) is 38.5 Å². The number of benzene rings is 1. The van der Waals surface area contributed by atoms with E-state index in [-0.39, 0.29) is 6.15 Å². The van der Waals surface area contributed by atoms with Crippen LogP contribution in [0.2, 0.25) is 0 Å². The molecule has 1 heteroatoms. The standard InChI is InChI=1S/C13H18.H3N/c1-2-6-11-9-13(10-11)12-7-4-3-5-8-12;/h3-5,7-8,11,13H,2,6,9-10H2,1H3;1H3. The van der Waals surface area contributed by atoms with Gasteiger partial charge in [0.1, 0.15) is 0 Å². The Kier molecular flexibility index (Phi) is 4.15. The minimum Gasteiger partial charge on any atom is -0.344 e. The minimum absolute atomic E-state index is 0. The van der Waals surface area contributed by atoms with Crippen LogP contribution in [-0.4, -0.2) is 0 Å². The van der Waals surface area contributed by atoms with Crippen LogP contribution in [0, 0.1) is 5.92 Å². The summed E-state index contributed by atoms with van der Waals surface area (Å²) in [5, 5.41) is 0. The molecule has 0 amide bonds. The molecule has 0 aliphatic heterocycles. The van der Waals surface area contributed by atoms with Crippen molar-refractivity contribution >= 4 is 0 Å². The molecule has 1 saturated carbocycles. The summed E-state index contributed by atoms with van der Waals surface area (Å²) >= 11 is 0. The first kappa shape index (κ1) is 11.3. The number of rotatable bonds is 3. The van der Waals surface area contributed by atoms with Crippen LogP contribution in [0.25, 0.3) is 0 Å². The highest BCUT2D eigenvalue weighted by molar-refractivity contribution is 5.21. The zero-order valence-corrected chi connectivity index (χ0v) is 9.08. The van der Waals surface area contributed by atoms with E-state index in [9.17, 15) is 0 Å². The summed E-state index contributed by atoms with van der Waals surface area (Å²) in [6.45, 7) is 2.29. The second-order valence-electron chi connectivity index (χ2n) is 4.23. The monoisotopic (exact) mass is 191 g/mol. The van der Waals surface area contributed by atoms with E-state index in [1.54, 1.807) is 5.56 Å². The minimum atomic E-state index is 0. The summed E-state index contributed by atoms with van der Waals surface area (Å²) in [7, 11) is 0. The van der Waals surface area contributed by atoms with Crippen molar-refractivity contribution in [3.05, 3.63) is 35.9 Å². The number of hydrogen-bond donors (Lipinski definition) is 1. The van der Waals surface area contributed by atoms with Gasteiger partial charge in [0.2, 0.25) is 0 Å². The lowest BCUT2D eigenvalue weighted by Crippen LogP contribution is -2.21. The molecule has 0 saturated heterocycles. The fourth-order valence-corrected chi connectivity index (χ4v) is 2.38. The van der Waals surface area contributed by atoms with Gasteiger partial charge in [0.15, 0.2) is 0 Å². The Balaban J connectivity index is 0.000000980. The summed E-state index contributed by atoms with van der Waals surface area (Å²) in [4.78, 5) is 0. The highest BCUT2D eigenvalue weighted by atomic mass is 14.3. The molecule has 0 bridgehead atoms. The normalized spacial score (nSPS) is 24.9. The van der Waals surface area contributed by atoms with Gasteiger partial charge in [-0.05, 0) is 30.2 Å². The lowest BCUT2D eigenvalue weighted by Gasteiger charge is -2.35. The van der Waals surface area contributed by atoms with E-state index in [0.29, 0.717) is 0 Å². The molecule has 0 spiro atoms. The highest BCUT2D eigenvalue weighted by Gasteiger charge is 2.28. The van der Waals surface area contributed by atoms with E-state index in [1.807, 2.05) is 0 Å². The number of hydrogen-bond acceptors (Lipinski definition) is 1. The Morgan fingerprint density at radius 2 is 1.79 bits per heavy atom. The first-order valence-corrected chi connectivity index (χ1v) is 5.45. The van der Waals surface area contributed by atoms with Crippen LogP contribution in [0.3, 0.4) is 0 Å². The quantitative estimate of drug-likeness (QED) is 0.765. The lowest BCUT2D eigenvalue weighted by molar-refractivity contribution is 0.246. The van der Waals surface area contributed by atoms with Crippen molar-refractivity contribution in [2.24, 2.45) is 5.92 Å². The molecule has 1 aromatic rings. The molecule has 1 nitrogen and oxygen atoms in total. The average molecular weight is 191 g/mol. The summed E-state index contributed by atoms with van der Waals surface area (Å²) in [6, 6.07) is 11.0. The Bertz CT molecular complexity index is 249. The Hall–Kier alpha value is -0.820. The maximum atomic E-state index is 2.29. The van der Waals surface area contributed by atoms with Crippen LogP contribution in [0.4, 0.5) is 0 Å². The summed E-state index contributed by atoms with van der Waals surface area (Å²) < 4.78 is 0. The van der Waals surface area contributed by atoms with Gasteiger partial charge in [0.25, 0.3) is 0 Å². The molecule has 1 aliphatic rings. The molecule has 0 heterocycles. The van der Waals surface area contributed by atoms with Crippen LogP contribution in [0.5, 0.6) is 0 Å². The van der Waals surface area contributed by atoms with E-state index >= 15 is 0 Å². The molecule has 1 aromatic carbocycles. The third-order valence-electron chi connectivity index (χ3n) is 3.20. The molecule has 78 valence electrons. The first-order chi connectivity index (χ1) is 6.40. The molecule has 2 rings (SSSR count). The van der Waals surface area contributed by atoms with Gasteiger partial charge in [-0.2, -0.15) is 0 Å². The zero-order chi connectivity index (χ0) is 9.10. The van der Waals surface area contributed by atoms with E-state index in [0.717, 1.165) is 11.8 Å². The predicted molar refractivity (Wildman–Crippen MR) is 61.8 cm³/mol. The third-order valence-corrected chi connectivity index (χ3v) is 3.20. The molecular weight excluding hydrogens is 170 g/mol. The van der Waals surface area contributed by atoms with Crippen LogP contribution >= 0.6 is 0 Å². The fraction of sp³-hybridized carbons (Fsp3) is 0.538. The molecule has 1 fully saturated rings. The molecule has 0 unspecified atom stereocenters. The Labute approximate surface area is 87.1 Å². The zero-order valence-electron chi connectivity index (χ0n) is 9.08. The van der Waals surface area contributed by atoms with E-state index in [2.05, 4.69) is 37.3 Å². The van der Waals surface area contributed by atoms with E-state index < -0.39 is 0 Å². The van der Waals surface area contributed by atoms with Gasteiger partial charge in [-0.25, -0.2) is 0 Å².